The van der Waals surface area contributed by atoms with E-state index in [9.17, 15) is 0 Å². The molecule has 0 saturated carbocycles. The second-order valence-corrected chi connectivity index (χ2v) is 10.2. The van der Waals surface area contributed by atoms with E-state index in [0.717, 1.165) is 30.0 Å². The van der Waals surface area contributed by atoms with Gasteiger partial charge in [-0.05, 0) is 83.9 Å². The Hall–Kier alpha value is -1.76. The van der Waals surface area contributed by atoms with Gasteiger partial charge in [0.25, 0.3) is 0 Å². The lowest BCUT2D eigenvalue weighted by atomic mass is 9.79. The van der Waals surface area contributed by atoms with Crippen molar-refractivity contribution in [1.29, 1.82) is 0 Å². The van der Waals surface area contributed by atoms with Gasteiger partial charge in [-0.15, -0.1) is 0 Å². The number of rotatable bonds is 5. The van der Waals surface area contributed by atoms with E-state index in [-0.39, 0.29) is 17.1 Å². The molecule has 1 saturated heterocycles. The molecule has 0 aliphatic carbocycles. The van der Waals surface area contributed by atoms with Crippen LogP contribution in [0.3, 0.4) is 0 Å². The van der Waals surface area contributed by atoms with Gasteiger partial charge in [-0.25, -0.2) is 0 Å². The highest BCUT2D eigenvalue weighted by atomic mass is 35.5. The minimum absolute atomic E-state index is 0.00266. The van der Waals surface area contributed by atoms with Gasteiger partial charge in [0.1, 0.15) is 17.3 Å². The second-order valence-electron chi connectivity index (χ2n) is 9.37. The molecular weight excluding hydrogens is 418 g/mol. The first-order chi connectivity index (χ1) is 14.0. The highest BCUT2D eigenvalue weighted by Crippen LogP contribution is 2.34. The first-order valence-corrected chi connectivity index (χ1v) is 11.0. The molecule has 30 heavy (non-hydrogen) atoms. The maximum absolute atomic E-state index is 6.12. The average molecular weight is 450 g/mol. The van der Waals surface area contributed by atoms with Crippen LogP contribution in [-0.4, -0.2) is 34.2 Å². The third-order valence-corrected chi connectivity index (χ3v) is 5.97. The molecule has 1 aromatic heterocycles. The number of halogens is 1. The molecule has 164 valence electrons. The summed E-state index contributed by atoms with van der Waals surface area (Å²) in [6, 6.07) is 9.75. The van der Waals surface area contributed by atoms with Crippen LogP contribution in [0.15, 0.2) is 34.7 Å². The van der Waals surface area contributed by atoms with Crippen molar-refractivity contribution in [2.45, 2.75) is 71.1 Å². The zero-order valence-corrected chi connectivity index (χ0v) is 20.2. The molecule has 0 spiro atoms. The Morgan fingerprint density at radius 2 is 1.90 bits per heavy atom. The van der Waals surface area contributed by atoms with Crippen LogP contribution in [0.25, 0.3) is 0 Å². The number of hydrogen-bond donors (Lipinski definition) is 2. The van der Waals surface area contributed by atoms with E-state index < -0.39 is 0 Å². The Bertz CT molecular complexity index is 894. The number of piperidine rings is 1. The van der Waals surface area contributed by atoms with Crippen LogP contribution in [0, 0.1) is 6.92 Å². The van der Waals surface area contributed by atoms with Crippen molar-refractivity contribution in [3.8, 4) is 5.75 Å². The van der Waals surface area contributed by atoms with Crippen molar-refractivity contribution in [2.24, 2.45) is 0 Å². The molecule has 1 aliphatic rings. The van der Waals surface area contributed by atoms with Crippen molar-refractivity contribution in [2.75, 3.05) is 12.4 Å². The van der Waals surface area contributed by atoms with Gasteiger partial charge in [-0.2, -0.15) is 0 Å². The summed E-state index contributed by atoms with van der Waals surface area (Å²) in [5.41, 5.74) is 0.786. The van der Waals surface area contributed by atoms with Gasteiger partial charge in [0, 0.05) is 28.2 Å². The fraction of sp³-hybridized carbons (Fsp3) is 0.522. The van der Waals surface area contributed by atoms with Crippen LogP contribution in [0.2, 0.25) is 5.02 Å². The summed E-state index contributed by atoms with van der Waals surface area (Å²) in [4.78, 5) is 2.24. The smallest absolute Gasteiger partial charge is 0.174 e. The summed E-state index contributed by atoms with van der Waals surface area (Å²) in [7, 11) is 1.63. The van der Waals surface area contributed by atoms with Crippen molar-refractivity contribution in [3.63, 3.8) is 0 Å². The first-order valence-electron chi connectivity index (χ1n) is 10.2. The topological polar surface area (TPSA) is 49.7 Å². The van der Waals surface area contributed by atoms with Crippen LogP contribution in [0.5, 0.6) is 5.75 Å². The van der Waals surface area contributed by atoms with Crippen LogP contribution >= 0.6 is 23.8 Å². The second kappa shape index (κ2) is 8.77. The van der Waals surface area contributed by atoms with E-state index in [4.69, 9.17) is 33.0 Å². The highest BCUT2D eigenvalue weighted by Gasteiger charge is 2.40. The molecular formula is C23H32ClN3O2S. The normalized spacial score (nSPS) is 18.1. The lowest BCUT2D eigenvalue weighted by molar-refractivity contribution is 0.0981. The van der Waals surface area contributed by atoms with Crippen molar-refractivity contribution in [1.82, 2.24) is 10.2 Å². The summed E-state index contributed by atoms with van der Waals surface area (Å²) in [6.45, 7) is 11.5. The predicted molar refractivity (Wildman–Crippen MR) is 128 cm³/mol. The maximum atomic E-state index is 6.12. The number of nitrogens with zero attached hydrogens (tertiary/aromatic N) is 1. The van der Waals surface area contributed by atoms with Crippen LogP contribution in [0.1, 0.15) is 52.1 Å². The molecule has 0 amide bonds. The molecule has 1 fully saturated rings. The van der Waals surface area contributed by atoms with Gasteiger partial charge in [0.15, 0.2) is 5.11 Å². The molecule has 0 atom stereocenters. The number of nitrogens with one attached hydrogen (secondary N) is 2. The monoisotopic (exact) mass is 449 g/mol. The fourth-order valence-corrected chi connectivity index (χ4v) is 5.03. The van der Waals surface area contributed by atoms with E-state index in [1.54, 1.807) is 13.2 Å². The first kappa shape index (κ1) is 22.9. The molecule has 0 bridgehead atoms. The molecule has 2 heterocycles. The van der Waals surface area contributed by atoms with Crippen LogP contribution < -0.4 is 15.4 Å². The summed E-state index contributed by atoms with van der Waals surface area (Å²) >= 11 is 12.0. The third-order valence-electron chi connectivity index (χ3n) is 5.40. The molecule has 2 N–H and O–H groups in total. The number of aryl methyl sites for hydroxylation is 1. The average Bonchev–Trinajstić information content (AvgIpc) is 3.03. The van der Waals surface area contributed by atoms with E-state index in [0.29, 0.717) is 22.4 Å². The lowest BCUT2D eigenvalue weighted by Crippen LogP contribution is -2.63. The number of benzene rings is 1. The van der Waals surface area contributed by atoms with E-state index in [1.807, 2.05) is 31.2 Å². The molecule has 0 radical (unpaired) electrons. The molecule has 0 unspecified atom stereocenters. The number of hydrogen-bond acceptors (Lipinski definition) is 4. The standard InChI is InChI=1S/C23H32ClN3O2S/c1-15-7-9-18(29-15)14-27(17-12-22(2,3)26-23(4,5)13-17)21(30)25-19-10-8-16(24)11-20(19)28-6/h7-11,17,26H,12-14H2,1-6H3,(H,25,30). The minimum atomic E-state index is -0.00266. The van der Waals surface area contributed by atoms with Gasteiger partial charge in [-0.3, -0.25) is 0 Å². The molecule has 1 aliphatic heterocycles. The lowest BCUT2D eigenvalue weighted by Gasteiger charge is -2.50. The highest BCUT2D eigenvalue weighted by molar-refractivity contribution is 7.80. The zero-order chi connectivity index (χ0) is 22.1. The maximum Gasteiger partial charge on any atom is 0.174 e. The summed E-state index contributed by atoms with van der Waals surface area (Å²) in [5.74, 6) is 2.45. The van der Waals surface area contributed by atoms with Crippen molar-refractivity contribution >= 4 is 34.6 Å². The molecule has 5 nitrogen and oxygen atoms in total. The van der Waals surface area contributed by atoms with Crippen LogP contribution in [0.4, 0.5) is 5.69 Å². The number of ether oxygens (including phenoxy) is 1. The summed E-state index contributed by atoms with van der Waals surface area (Å²) in [6.07, 6.45) is 1.94. The largest absolute Gasteiger partial charge is 0.495 e. The molecule has 2 aromatic rings. The van der Waals surface area contributed by atoms with Gasteiger partial charge >= 0.3 is 0 Å². The zero-order valence-electron chi connectivity index (χ0n) is 18.6. The van der Waals surface area contributed by atoms with E-state index in [1.165, 1.54) is 0 Å². The Kier molecular flexibility index (Phi) is 6.70. The van der Waals surface area contributed by atoms with E-state index >= 15 is 0 Å². The van der Waals surface area contributed by atoms with Crippen LogP contribution in [-0.2, 0) is 6.54 Å². The van der Waals surface area contributed by atoms with Gasteiger partial charge in [0.2, 0.25) is 0 Å². The number of thiocarbonyl (C=S) groups is 1. The number of furan rings is 1. The Balaban J connectivity index is 1.90. The van der Waals surface area contributed by atoms with Gasteiger partial charge < -0.3 is 24.7 Å². The molecule has 7 heteroatoms. The molecule has 3 rings (SSSR count). The quantitative estimate of drug-likeness (QED) is 0.566. The number of methoxy groups -OCH3 is 1. The Morgan fingerprint density at radius 3 is 2.47 bits per heavy atom. The van der Waals surface area contributed by atoms with Crippen molar-refractivity contribution in [3.05, 3.63) is 46.9 Å². The Labute approximate surface area is 190 Å². The SMILES string of the molecule is COc1cc(Cl)ccc1NC(=S)N(Cc1ccc(C)o1)C1CC(C)(C)NC(C)(C)C1. The fourth-order valence-electron chi connectivity index (χ4n) is 4.55. The predicted octanol–water partition coefficient (Wildman–Crippen LogP) is 5.76. The number of anilines is 1. The summed E-state index contributed by atoms with van der Waals surface area (Å²) in [5, 5.41) is 8.39. The minimum Gasteiger partial charge on any atom is -0.495 e. The van der Waals surface area contributed by atoms with Gasteiger partial charge in [-0.1, -0.05) is 11.6 Å². The third kappa shape index (κ3) is 5.68. The van der Waals surface area contributed by atoms with Crippen molar-refractivity contribution < 1.29 is 9.15 Å². The van der Waals surface area contributed by atoms with E-state index in [2.05, 4.69) is 43.2 Å². The van der Waals surface area contributed by atoms with Gasteiger partial charge in [0.05, 0.1) is 19.3 Å². The molecule has 1 aromatic carbocycles. The summed E-state index contributed by atoms with van der Waals surface area (Å²) < 4.78 is 11.4. The Morgan fingerprint density at radius 1 is 1.23 bits per heavy atom.